The number of nitro benzene ring substituents is 1. The average molecular weight is 324 g/mol. The molecule has 0 aliphatic heterocycles. The van der Waals surface area contributed by atoms with Crippen molar-refractivity contribution in [1.82, 2.24) is 0 Å². The van der Waals surface area contributed by atoms with Crippen LogP contribution in [-0.4, -0.2) is 10.8 Å². The first-order valence-electron chi connectivity index (χ1n) is 7.05. The van der Waals surface area contributed by atoms with Crippen LogP contribution in [0.4, 0.5) is 11.4 Å². The lowest BCUT2D eigenvalue weighted by molar-refractivity contribution is -0.384. The van der Waals surface area contributed by atoms with Gasteiger partial charge in [-0.15, -0.1) is 0 Å². The summed E-state index contributed by atoms with van der Waals surface area (Å²) in [6.45, 7) is 1.70. The third-order valence-electron chi connectivity index (χ3n) is 3.57. The van der Waals surface area contributed by atoms with Crippen molar-refractivity contribution >= 4 is 28.1 Å². The van der Waals surface area contributed by atoms with Crippen LogP contribution in [0.2, 0.25) is 0 Å². The third-order valence-corrected chi connectivity index (χ3v) is 3.57. The first kappa shape index (κ1) is 15.4. The first-order valence-corrected chi connectivity index (χ1v) is 7.05. The van der Waals surface area contributed by atoms with Crippen molar-refractivity contribution in [3.63, 3.8) is 0 Å². The summed E-state index contributed by atoms with van der Waals surface area (Å²) in [6.07, 6.45) is 0. The van der Waals surface area contributed by atoms with Crippen molar-refractivity contribution in [2.24, 2.45) is 0 Å². The van der Waals surface area contributed by atoms with E-state index in [1.807, 2.05) is 0 Å². The fraction of sp³-hybridized carbons (Fsp3) is 0.0588. The number of hydrogen-bond acceptors (Lipinski definition) is 5. The molecule has 1 amide bonds. The van der Waals surface area contributed by atoms with Crippen LogP contribution >= 0.6 is 0 Å². The van der Waals surface area contributed by atoms with Gasteiger partial charge in [0.15, 0.2) is 5.76 Å². The number of rotatable bonds is 3. The molecule has 0 saturated heterocycles. The second-order valence-electron chi connectivity index (χ2n) is 5.20. The van der Waals surface area contributed by atoms with Gasteiger partial charge in [0.1, 0.15) is 0 Å². The molecule has 1 heterocycles. The van der Waals surface area contributed by atoms with E-state index >= 15 is 0 Å². The summed E-state index contributed by atoms with van der Waals surface area (Å²) in [7, 11) is 0. The molecule has 0 fully saturated rings. The molecular weight excluding hydrogens is 312 g/mol. The molecule has 1 aromatic heterocycles. The summed E-state index contributed by atoms with van der Waals surface area (Å²) in [4.78, 5) is 34.6. The van der Waals surface area contributed by atoms with E-state index in [0.717, 1.165) is 0 Å². The Balaban J connectivity index is 1.97. The minimum Gasteiger partial charge on any atom is -0.417 e. The number of fused-ring (bicyclic) bond motifs is 1. The number of nitrogens with one attached hydrogen (secondary N) is 1. The van der Waals surface area contributed by atoms with Gasteiger partial charge in [-0.2, -0.15) is 0 Å². The van der Waals surface area contributed by atoms with E-state index in [2.05, 4.69) is 5.32 Å². The van der Waals surface area contributed by atoms with E-state index in [4.69, 9.17) is 4.42 Å². The highest BCUT2D eigenvalue weighted by atomic mass is 16.6. The Morgan fingerprint density at radius 3 is 2.67 bits per heavy atom. The Morgan fingerprint density at radius 2 is 1.92 bits per heavy atom. The maximum absolute atomic E-state index is 12.3. The number of amides is 1. The molecule has 0 atom stereocenters. The molecule has 7 nitrogen and oxygen atoms in total. The molecule has 3 aromatic rings. The van der Waals surface area contributed by atoms with Crippen LogP contribution in [0.1, 0.15) is 16.1 Å². The van der Waals surface area contributed by atoms with E-state index in [9.17, 15) is 19.7 Å². The average Bonchev–Trinajstić information content (AvgIpc) is 2.56. The van der Waals surface area contributed by atoms with Crippen molar-refractivity contribution in [2.45, 2.75) is 6.92 Å². The molecule has 2 aromatic carbocycles. The van der Waals surface area contributed by atoms with Gasteiger partial charge in [-0.05, 0) is 30.0 Å². The fourth-order valence-corrected chi connectivity index (χ4v) is 2.29. The summed E-state index contributed by atoms with van der Waals surface area (Å²) < 4.78 is 5.04. The highest BCUT2D eigenvalue weighted by Gasteiger charge is 2.15. The Hall–Kier alpha value is -3.48. The van der Waals surface area contributed by atoms with Crippen molar-refractivity contribution in [2.75, 3.05) is 5.32 Å². The number of nitro groups is 1. The van der Waals surface area contributed by atoms with Gasteiger partial charge in [-0.25, -0.2) is 4.79 Å². The van der Waals surface area contributed by atoms with E-state index < -0.39 is 16.5 Å². The number of carbonyl (C=O) groups is 1. The van der Waals surface area contributed by atoms with Crippen molar-refractivity contribution < 1.29 is 14.1 Å². The number of benzene rings is 2. The minimum absolute atomic E-state index is 0.143. The van der Waals surface area contributed by atoms with Crippen LogP contribution in [0.25, 0.3) is 10.8 Å². The van der Waals surface area contributed by atoms with Crippen LogP contribution in [0.15, 0.2) is 57.7 Å². The maximum Gasteiger partial charge on any atom is 0.344 e. The Kier molecular flexibility index (Phi) is 3.83. The van der Waals surface area contributed by atoms with Gasteiger partial charge in [-0.3, -0.25) is 14.9 Å². The topological polar surface area (TPSA) is 102 Å². The first-order chi connectivity index (χ1) is 11.5. The molecule has 7 heteroatoms. The van der Waals surface area contributed by atoms with Crippen molar-refractivity contribution in [3.05, 3.63) is 80.4 Å². The van der Waals surface area contributed by atoms with Crippen molar-refractivity contribution in [1.29, 1.82) is 0 Å². The maximum atomic E-state index is 12.3. The Bertz CT molecular complexity index is 1020. The van der Waals surface area contributed by atoms with E-state index in [-0.39, 0.29) is 17.1 Å². The van der Waals surface area contributed by atoms with E-state index in [1.165, 1.54) is 24.3 Å². The Labute approximate surface area is 135 Å². The predicted molar refractivity (Wildman–Crippen MR) is 88.3 cm³/mol. The fourth-order valence-electron chi connectivity index (χ4n) is 2.29. The van der Waals surface area contributed by atoms with E-state index in [0.29, 0.717) is 16.3 Å². The smallest absolute Gasteiger partial charge is 0.344 e. The lowest BCUT2D eigenvalue weighted by Crippen LogP contribution is -2.15. The molecule has 0 unspecified atom stereocenters. The number of non-ortho nitro benzene ring substituents is 1. The summed E-state index contributed by atoms with van der Waals surface area (Å²) in [6, 6.07) is 12.3. The van der Waals surface area contributed by atoms with Crippen LogP contribution < -0.4 is 10.9 Å². The lowest BCUT2D eigenvalue weighted by atomic mass is 10.1. The SMILES string of the molecule is Cc1ccc([N+](=O)[O-])cc1NC(=O)c1cc2ccccc2c(=O)o1. The minimum atomic E-state index is -0.651. The summed E-state index contributed by atoms with van der Waals surface area (Å²) in [5.74, 6) is -0.814. The van der Waals surface area contributed by atoms with Gasteiger partial charge in [0.05, 0.1) is 16.0 Å². The van der Waals surface area contributed by atoms with Crippen LogP contribution in [0, 0.1) is 17.0 Å². The zero-order valence-electron chi connectivity index (χ0n) is 12.6. The highest BCUT2D eigenvalue weighted by Crippen LogP contribution is 2.22. The van der Waals surface area contributed by atoms with Crippen LogP contribution in [-0.2, 0) is 0 Å². The third kappa shape index (κ3) is 2.87. The second-order valence-corrected chi connectivity index (χ2v) is 5.20. The van der Waals surface area contributed by atoms with Crippen LogP contribution in [0.5, 0.6) is 0 Å². The number of carbonyl (C=O) groups excluding carboxylic acids is 1. The number of anilines is 1. The molecule has 24 heavy (non-hydrogen) atoms. The zero-order valence-corrected chi connectivity index (χ0v) is 12.6. The second kappa shape index (κ2) is 5.96. The summed E-state index contributed by atoms with van der Waals surface area (Å²) in [5.41, 5.74) is 0.173. The highest BCUT2D eigenvalue weighted by molar-refractivity contribution is 6.04. The molecule has 0 bridgehead atoms. The van der Waals surface area contributed by atoms with Gasteiger partial charge < -0.3 is 9.73 Å². The quantitative estimate of drug-likeness (QED) is 0.588. The number of aryl methyl sites for hydroxylation is 1. The van der Waals surface area contributed by atoms with Gasteiger partial charge >= 0.3 is 5.63 Å². The molecule has 0 saturated carbocycles. The molecule has 3 rings (SSSR count). The number of nitrogens with zero attached hydrogens (tertiary/aromatic N) is 1. The van der Waals surface area contributed by atoms with Crippen molar-refractivity contribution in [3.8, 4) is 0 Å². The predicted octanol–water partition coefficient (Wildman–Crippen LogP) is 3.26. The number of hydrogen-bond donors (Lipinski definition) is 1. The van der Waals surface area contributed by atoms with Gasteiger partial charge in [0, 0.05) is 12.1 Å². The summed E-state index contributed by atoms with van der Waals surface area (Å²) >= 11 is 0. The van der Waals surface area contributed by atoms with Gasteiger partial charge in [0.2, 0.25) is 0 Å². The monoisotopic (exact) mass is 324 g/mol. The van der Waals surface area contributed by atoms with Gasteiger partial charge in [0.25, 0.3) is 11.6 Å². The molecular formula is C17H12N2O5. The largest absolute Gasteiger partial charge is 0.417 e. The molecule has 0 aliphatic rings. The van der Waals surface area contributed by atoms with Gasteiger partial charge in [-0.1, -0.05) is 24.3 Å². The molecule has 0 aliphatic carbocycles. The summed E-state index contributed by atoms with van der Waals surface area (Å²) in [5, 5.41) is 14.3. The normalized spacial score (nSPS) is 10.5. The molecule has 0 spiro atoms. The lowest BCUT2D eigenvalue weighted by Gasteiger charge is -2.08. The molecule has 1 N–H and O–H groups in total. The zero-order chi connectivity index (χ0) is 17.3. The van der Waals surface area contributed by atoms with E-state index in [1.54, 1.807) is 31.2 Å². The molecule has 120 valence electrons. The molecule has 0 radical (unpaired) electrons. The Morgan fingerprint density at radius 1 is 1.17 bits per heavy atom. The van der Waals surface area contributed by atoms with Crippen LogP contribution in [0.3, 0.4) is 0 Å². The standard InChI is InChI=1S/C17H12N2O5/c1-10-6-7-12(19(22)23)9-14(10)18-16(20)15-8-11-4-2-3-5-13(11)17(21)24-15/h2-9H,1H3,(H,18,20).